The van der Waals surface area contributed by atoms with Gasteiger partial charge in [-0.2, -0.15) is 26.3 Å². The van der Waals surface area contributed by atoms with Gasteiger partial charge in [0.25, 0.3) is 0 Å². The third-order valence-corrected chi connectivity index (χ3v) is 6.08. The van der Waals surface area contributed by atoms with E-state index in [0.29, 0.717) is 12.1 Å². The average Bonchev–Trinajstić information content (AvgIpc) is 2.91. The number of alkyl halides is 6. The highest BCUT2D eigenvalue weighted by Crippen LogP contribution is 2.31. The normalized spacial score (nSPS) is 13.2. The Balaban J connectivity index is 2.34. The highest BCUT2D eigenvalue weighted by molar-refractivity contribution is 6.58. The van der Waals surface area contributed by atoms with Crippen molar-refractivity contribution >= 4 is 36.0 Å². The first-order valence-corrected chi connectivity index (χ1v) is 12.8. The van der Waals surface area contributed by atoms with Gasteiger partial charge in [0.2, 0.25) is 17.7 Å². The fourth-order valence-corrected chi connectivity index (χ4v) is 3.90. The number of nitrogens with zero attached hydrogens (tertiary/aromatic N) is 1. The van der Waals surface area contributed by atoms with E-state index in [1.54, 1.807) is 0 Å². The lowest BCUT2D eigenvalue weighted by molar-refractivity contribution is -0.138. The smallest absolute Gasteiger partial charge is 0.423 e. The van der Waals surface area contributed by atoms with E-state index >= 15 is 0 Å². The first kappa shape index (κ1) is 35.5. The van der Waals surface area contributed by atoms with Gasteiger partial charge >= 0.3 is 19.5 Å². The average molecular weight is 620 g/mol. The Hall–Kier alpha value is -3.71. The molecule has 0 fully saturated rings. The summed E-state index contributed by atoms with van der Waals surface area (Å²) in [6.45, 7) is 0.468. The quantitative estimate of drug-likeness (QED) is 0.115. The highest BCUT2D eigenvalue weighted by Gasteiger charge is 2.34. The fraction of sp³-hybridized carbons (Fsp3) is 0.400. The molecule has 18 heteroatoms. The number of anilines is 1. The summed E-state index contributed by atoms with van der Waals surface area (Å²) in [6, 6.07) is 2.27. The van der Waals surface area contributed by atoms with Gasteiger partial charge < -0.3 is 42.8 Å². The van der Waals surface area contributed by atoms with Gasteiger partial charge in [0.05, 0.1) is 23.6 Å². The van der Waals surface area contributed by atoms with E-state index in [-0.39, 0.29) is 31.7 Å². The van der Waals surface area contributed by atoms with E-state index in [4.69, 9.17) is 17.2 Å². The number of benzene rings is 2. The number of hydrogen-bond donors (Lipinski definition) is 7. The third kappa shape index (κ3) is 10.8. The van der Waals surface area contributed by atoms with E-state index in [1.165, 1.54) is 4.90 Å². The molecule has 0 bridgehead atoms. The van der Waals surface area contributed by atoms with Crippen LogP contribution in [-0.2, 0) is 33.2 Å². The number of halogens is 6. The van der Waals surface area contributed by atoms with Crippen LogP contribution in [0.5, 0.6) is 0 Å². The Morgan fingerprint density at radius 1 is 0.860 bits per heavy atom. The van der Waals surface area contributed by atoms with E-state index in [9.17, 15) is 50.8 Å². The summed E-state index contributed by atoms with van der Waals surface area (Å²) in [5, 5.41) is 23.2. The second-order valence-corrected chi connectivity index (χ2v) is 9.43. The van der Waals surface area contributed by atoms with Gasteiger partial charge in [-0.25, -0.2) is 0 Å². The Kier molecular flexibility index (Phi) is 12.5. The minimum Gasteiger partial charge on any atom is -0.423 e. The van der Waals surface area contributed by atoms with Crippen molar-refractivity contribution < 1.29 is 50.8 Å². The lowest BCUT2D eigenvalue weighted by atomic mass is 9.79. The van der Waals surface area contributed by atoms with Crippen LogP contribution in [0, 0.1) is 0 Å². The largest absolute Gasteiger partial charge is 0.488 e. The summed E-state index contributed by atoms with van der Waals surface area (Å²) in [5.41, 5.74) is 13.5. The molecule has 0 aliphatic carbocycles. The molecular formula is C25H31BF6N6O5. The lowest BCUT2D eigenvalue weighted by Crippen LogP contribution is -2.52. The number of nitrogens with one attached hydrogen (secondary N) is 2. The standard InChI is InChI=1S/C25H31BF6N6O5/c27-24(28,29)15-3-1-14(2-4-15)9-20(37-22(40)19(35)13-21(39)38(7-5-33)8-6-34)23(41)36-18-11-16(25(30,31)32)10-17(12-18)26(42)43/h1-4,10-12,19-20,42-43H,5-9,13,33-35H2,(H,36,41)(H,37,40). The van der Waals surface area contributed by atoms with Crippen molar-refractivity contribution in [3.63, 3.8) is 0 Å². The summed E-state index contributed by atoms with van der Waals surface area (Å²) >= 11 is 0. The third-order valence-electron chi connectivity index (χ3n) is 6.08. The minimum absolute atomic E-state index is 0.104. The lowest BCUT2D eigenvalue weighted by Gasteiger charge is -2.24. The van der Waals surface area contributed by atoms with Crippen LogP contribution in [0.25, 0.3) is 0 Å². The molecule has 2 atom stereocenters. The molecule has 2 aromatic rings. The van der Waals surface area contributed by atoms with E-state index < -0.39 is 84.4 Å². The molecule has 0 saturated carbocycles. The number of hydrogen-bond acceptors (Lipinski definition) is 8. The van der Waals surface area contributed by atoms with Crippen LogP contribution in [0.2, 0.25) is 0 Å². The zero-order chi connectivity index (χ0) is 32.5. The summed E-state index contributed by atoms with van der Waals surface area (Å²) < 4.78 is 79.0. The topological polar surface area (TPSA) is 197 Å². The molecule has 10 N–H and O–H groups in total. The van der Waals surface area contributed by atoms with Crippen LogP contribution in [0.15, 0.2) is 42.5 Å². The van der Waals surface area contributed by atoms with Gasteiger partial charge in [-0.1, -0.05) is 18.2 Å². The van der Waals surface area contributed by atoms with Gasteiger partial charge in [0.1, 0.15) is 6.04 Å². The van der Waals surface area contributed by atoms with Crippen molar-refractivity contribution in [1.29, 1.82) is 0 Å². The number of rotatable bonds is 13. The molecule has 0 radical (unpaired) electrons. The summed E-state index contributed by atoms with van der Waals surface area (Å²) in [5.74, 6) is -2.70. The Labute approximate surface area is 242 Å². The molecule has 0 saturated heterocycles. The predicted octanol–water partition coefficient (Wildman–Crippen LogP) is -0.467. The van der Waals surface area contributed by atoms with E-state index in [0.717, 1.165) is 30.3 Å². The number of amides is 3. The molecule has 0 spiro atoms. The first-order valence-electron chi connectivity index (χ1n) is 12.8. The molecule has 2 unspecified atom stereocenters. The molecule has 3 amide bonds. The fourth-order valence-electron chi connectivity index (χ4n) is 3.90. The molecule has 11 nitrogen and oxygen atoms in total. The molecule has 236 valence electrons. The molecule has 43 heavy (non-hydrogen) atoms. The van der Waals surface area contributed by atoms with Crippen molar-refractivity contribution in [2.45, 2.75) is 37.3 Å². The maximum absolute atomic E-state index is 13.4. The number of carbonyl (C=O) groups is 3. The summed E-state index contributed by atoms with van der Waals surface area (Å²) in [4.78, 5) is 39.9. The maximum Gasteiger partial charge on any atom is 0.488 e. The zero-order valence-electron chi connectivity index (χ0n) is 22.6. The summed E-state index contributed by atoms with van der Waals surface area (Å²) in [6.07, 6.45) is -10.5. The highest BCUT2D eigenvalue weighted by atomic mass is 19.4. The molecule has 0 aromatic heterocycles. The molecule has 2 aromatic carbocycles. The van der Waals surface area contributed by atoms with Crippen LogP contribution < -0.4 is 33.3 Å². The zero-order valence-corrected chi connectivity index (χ0v) is 22.6. The minimum atomic E-state index is -4.93. The van der Waals surface area contributed by atoms with E-state index in [1.807, 2.05) is 0 Å². The predicted molar refractivity (Wildman–Crippen MR) is 144 cm³/mol. The molecule has 2 rings (SSSR count). The van der Waals surface area contributed by atoms with Gasteiger partial charge in [0.15, 0.2) is 0 Å². The van der Waals surface area contributed by atoms with Crippen LogP contribution in [0.1, 0.15) is 23.1 Å². The van der Waals surface area contributed by atoms with Gasteiger partial charge in [-0.15, -0.1) is 0 Å². The van der Waals surface area contributed by atoms with E-state index in [2.05, 4.69) is 10.6 Å². The van der Waals surface area contributed by atoms with Crippen LogP contribution in [0.4, 0.5) is 32.0 Å². The van der Waals surface area contributed by atoms with Crippen molar-refractivity contribution in [2.75, 3.05) is 31.5 Å². The van der Waals surface area contributed by atoms with Gasteiger partial charge in [-0.3, -0.25) is 14.4 Å². The Morgan fingerprint density at radius 3 is 1.91 bits per heavy atom. The first-order chi connectivity index (χ1) is 20.0. The second kappa shape index (κ2) is 15.1. The molecule has 0 heterocycles. The van der Waals surface area contributed by atoms with Crippen molar-refractivity contribution in [3.8, 4) is 0 Å². The molecular weight excluding hydrogens is 589 g/mol. The van der Waals surface area contributed by atoms with Gasteiger partial charge in [0, 0.05) is 38.3 Å². The van der Waals surface area contributed by atoms with Crippen LogP contribution in [0.3, 0.4) is 0 Å². The number of nitrogens with two attached hydrogens (primary N) is 3. The van der Waals surface area contributed by atoms with Crippen LogP contribution >= 0.6 is 0 Å². The molecule has 0 aliphatic heterocycles. The Morgan fingerprint density at radius 2 is 1.42 bits per heavy atom. The Bertz CT molecular complexity index is 1260. The maximum atomic E-state index is 13.4. The molecule has 0 aliphatic rings. The van der Waals surface area contributed by atoms with Gasteiger partial charge in [-0.05, 0) is 35.3 Å². The van der Waals surface area contributed by atoms with Crippen molar-refractivity contribution in [1.82, 2.24) is 10.2 Å². The SMILES string of the molecule is NCCN(CCN)C(=O)CC(N)C(=O)NC(Cc1ccc(C(F)(F)F)cc1)C(=O)Nc1cc(B(O)O)cc(C(F)(F)F)c1. The number of carbonyl (C=O) groups excluding carboxylic acids is 3. The summed E-state index contributed by atoms with van der Waals surface area (Å²) in [7, 11) is -2.32. The van der Waals surface area contributed by atoms with Crippen molar-refractivity contribution in [2.24, 2.45) is 17.2 Å². The second-order valence-electron chi connectivity index (χ2n) is 9.43. The van der Waals surface area contributed by atoms with Crippen molar-refractivity contribution in [3.05, 3.63) is 59.2 Å². The van der Waals surface area contributed by atoms with Crippen LogP contribution in [-0.4, -0.2) is 78.1 Å². The monoisotopic (exact) mass is 620 g/mol.